The number of ketones is 1. The summed E-state index contributed by atoms with van der Waals surface area (Å²) in [7, 11) is 2.11. The van der Waals surface area contributed by atoms with E-state index in [2.05, 4.69) is 24.6 Å². The van der Waals surface area contributed by atoms with E-state index in [1.807, 2.05) is 32.9 Å². The summed E-state index contributed by atoms with van der Waals surface area (Å²) in [6.45, 7) is 13.4. The van der Waals surface area contributed by atoms with Crippen molar-refractivity contribution in [1.82, 2.24) is 4.90 Å². The molecule has 1 saturated heterocycles. The minimum absolute atomic E-state index is 0.277. The number of rotatable bonds is 4. The van der Waals surface area contributed by atoms with Gasteiger partial charge in [-0.15, -0.1) is 0 Å². The van der Waals surface area contributed by atoms with Gasteiger partial charge in [0.15, 0.2) is 0 Å². The van der Waals surface area contributed by atoms with Crippen LogP contribution in [0.25, 0.3) is 0 Å². The number of allylic oxidation sites excluding steroid dienone is 5. The second-order valence-corrected chi connectivity index (χ2v) is 4.78. The smallest absolute Gasteiger partial charge is 0.140 e. The number of nitrogens with zero attached hydrogens (tertiary/aromatic N) is 1. The van der Waals surface area contributed by atoms with Gasteiger partial charge in [-0.25, -0.2) is 0 Å². The summed E-state index contributed by atoms with van der Waals surface area (Å²) in [5.74, 6) is 0.285. The first-order valence-corrected chi connectivity index (χ1v) is 7.22. The fourth-order valence-corrected chi connectivity index (χ4v) is 2.55. The monoisotopic (exact) mass is 263 g/mol. The Hall–Kier alpha value is -1.15. The van der Waals surface area contributed by atoms with Crippen molar-refractivity contribution in [2.75, 3.05) is 20.1 Å². The minimum atomic E-state index is -0.277. The van der Waals surface area contributed by atoms with Gasteiger partial charge in [0.1, 0.15) is 5.78 Å². The fourth-order valence-electron chi connectivity index (χ4n) is 2.55. The molecule has 19 heavy (non-hydrogen) atoms. The van der Waals surface area contributed by atoms with Crippen molar-refractivity contribution >= 4 is 5.78 Å². The quantitative estimate of drug-likeness (QED) is 0.714. The van der Waals surface area contributed by atoms with Gasteiger partial charge in [-0.2, -0.15) is 0 Å². The Morgan fingerprint density at radius 2 is 1.79 bits per heavy atom. The van der Waals surface area contributed by atoms with E-state index in [-0.39, 0.29) is 11.2 Å². The molecule has 0 radical (unpaired) electrons. The van der Waals surface area contributed by atoms with E-state index < -0.39 is 0 Å². The molecular weight excluding hydrogens is 234 g/mol. The van der Waals surface area contributed by atoms with Gasteiger partial charge < -0.3 is 4.90 Å². The minimum Gasteiger partial charge on any atom is -0.306 e. The van der Waals surface area contributed by atoms with Crippen molar-refractivity contribution < 1.29 is 4.79 Å². The maximum Gasteiger partial charge on any atom is 0.140 e. The molecule has 2 nitrogen and oxygen atoms in total. The molecule has 0 bridgehead atoms. The summed E-state index contributed by atoms with van der Waals surface area (Å²) in [5, 5.41) is 0. The lowest BCUT2D eigenvalue weighted by molar-refractivity contribution is -0.126. The third-order valence-corrected chi connectivity index (χ3v) is 3.79. The Labute approximate surface area is 118 Å². The molecule has 0 amide bonds. The Kier molecular flexibility index (Phi) is 8.33. The first-order chi connectivity index (χ1) is 9.06. The number of piperidine rings is 1. The zero-order chi connectivity index (χ0) is 14.9. The number of carbonyl (C=O) groups is 1. The topological polar surface area (TPSA) is 20.3 Å². The molecule has 0 saturated carbocycles. The number of Topliss-reactive ketones (excluding diaryl/α,β-unsaturated/α-hetero) is 1. The molecule has 1 aliphatic heterocycles. The first-order valence-electron chi connectivity index (χ1n) is 7.22. The van der Waals surface area contributed by atoms with Gasteiger partial charge >= 0.3 is 0 Å². The molecule has 0 atom stereocenters. The number of carbonyl (C=O) groups excluding carboxylic acids is 1. The molecule has 0 N–H and O–H groups in total. The van der Waals surface area contributed by atoms with E-state index in [1.165, 1.54) is 0 Å². The Bertz CT molecular complexity index is 344. The first kappa shape index (κ1) is 17.8. The molecule has 0 aromatic carbocycles. The maximum absolute atomic E-state index is 12.1. The maximum atomic E-state index is 12.1. The predicted molar refractivity (Wildman–Crippen MR) is 84.3 cm³/mol. The van der Waals surface area contributed by atoms with Crippen LogP contribution in [0, 0.1) is 5.41 Å². The van der Waals surface area contributed by atoms with Gasteiger partial charge in [0.25, 0.3) is 0 Å². The Balaban J connectivity index is 0.00000154. The predicted octanol–water partition coefficient (Wildman–Crippen LogP) is 4.00. The summed E-state index contributed by atoms with van der Waals surface area (Å²) in [4.78, 5) is 14.4. The van der Waals surface area contributed by atoms with Crippen molar-refractivity contribution in [3.8, 4) is 0 Å². The van der Waals surface area contributed by atoms with Crippen LogP contribution < -0.4 is 0 Å². The van der Waals surface area contributed by atoms with Gasteiger partial charge in [-0.3, -0.25) is 4.79 Å². The second-order valence-electron chi connectivity index (χ2n) is 4.78. The zero-order valence-electron chi connectivity index (χ0n) is 13.2. The summed E-state index contributed by atoms with van der Waals surface area (Å²) >= 11 is 0. The van der Waals surface area contributed by atoms with Gasteiger partial charge in [-0.1, -0.05) is 44.7 Å². The second kappa shape index (κ2) is 8.87. The SMILES string of the molecule is C=C/C=C\C(=C/C)C1(C(C)=O)CCN(C)CC1.CC. The van der Waals surface area contributed by atoms with E-state index in [0.717, 1.165) is 31.5 Å². The average Bonchev–Trinajstić information content (AvgIpc) is 2.43. The summed E-state index contributed by atoms with van der Waals surface area (Å²) in [6.07, 6.45) is 9.59. The highest BCUT2D eigenvalue weighted by molar-refractivity contribution is 5.86. The average molecular weight is 263 g/mol. The van der Waals surface area contributed by atoms with E-state index in [9.17, 15) is 4.79 Å². The zero-order valence-corrected chi connectivity index (χ0v) is 13.2. The molecule has 0 spiro atoms. The van der Waals surface area contributed by atoms with Gasteiger partial charge in [0.05, 0.1) is 5.41 Å². The number of likely N-dealkylation sites (tertiary alicyclic amines) is 1. The molecule has 0 aliphatic carbocycles. The van der Waals surface area contributed by atoms with Crippen molar-refractivity contribution in [3.63, 3.8) is 0 Å². The van der Waals surface area contributed by atoms with Crippen molar-refractivity contribution in [2.45, 2.75) is 40.5 Å². The van der Waals surface area contributed by atoms with Crippen LogP contribution in [0.1, 0.15) is 40.5 Å². The van der Waals surface area contributed by atoms with Crippen LogP contribution >= 0.6 is 0 Å². The van der Waals surface area contributed by atoms with Crippen LogP contribution in [0.2, 0.25) is 0 Å². The molecule has 0 aromatic rings. The van der Waals surface area contributed by atoms with E-state index in [4.69, 9.17) is 0 Å². The molecule has 1 rings (SSSR count). The highest BCUT2D eigenvalue weighted by Crippen LogP contribution is 2.40. The van der Waals surface area contributed by atoms with Crippen LogP contribution in [0.3, 0.4) is 0 Å². The normalized spacial score (nSPS) is 19.7. The molecule has 0 aromatic heterocycles. The summed E-state index contributed by atoms with van der Waals surface area (Å²) < 4.78 is 0. The lowest BCUT2D eigenvalue weighted by Gasteiger charge is -2.40. The van der Waals surface area contributed by atoms with Crippen LogP contribution in [0.5, 0.6) is 0 Å². The Morgan fingerprint density at radius 1 is 1.26 bits per heavy atom. The molecule has 108 valence electrons. The van der Waals surface area contributed by atoms with E-state index >= 15 is 0 Å². The van der Waals surface area contributed by atoms with E-state index in [0.29, 0.717) is 0 Å². The molecule has 1 aliphatic rings. The molecular formula is C17H29NO. The number of hydrogen-bond acceptors (Lipinski definition) is 2. The van der Waals surface area contributed by atoms with Crippen molar-refractivity contribution in [1.29, 1.82) is 0 Å². The number of hydrogen-bond donors (Lipinski definition) is 0. The van der Waals surface area contributed by atoms with Gasteiger partial charge in [0, 0.05) is 0 Å². The van der Waals surface area contributed by atoms with Gasteiger partial charge in [0.2, 0.25) is 0 Å². The van der Waals surface area contributed by atoms with Crippen molar-refractivity contribution in [3.05, 3.63) is 36.5 Å². The van der Waals surface area contributed by atoms with Crippen LogP contribution in [-0.2, 0) is 4.79 Å². The largest absolute Gasteiger partial charge is 0.306 e. The van der Waals surface area contributed by atoms with Crippen LogP contribution in [-0.4, -0.2) is 30.8 Å². The molecule has 1 fully saturated rings. The summed E-state index contributed by atoms with van der Waals surface area (Å²) in [6, 6.07) is 0. The highest BCUT2D eigenvalue weighted by Gasteiger charge is 2.39. The lowest BCUT2D eigenvalue weighted by Crippen LogP contribution is -2.43. The lowest BCUT2D eigenvalue weighted by atomic mass is 9.69. The van der Waals surface area contributed by atoms with Gasteiger partial charge in [-0.05, 0) is 52.4 Å². The standard InChI is InChI=1S/C15H23NO.C2H6/c1-5-7-8-14(6-2)15(13(3)17)9-11-16(4)12-10-15;1-2/h5-8H,1,9-12H2,2-4H3;1-2H3/b8-7-,14-6+;. The van der Waals surface area contributed by atoms with E-state index in [1.54, 1.807) is 13.0 Å². The van der Waals surface area contributed by atoms with Crippen molar-refractivity contribution in [2.24, 2.45) is 5.41 Å². The third kappa shape index (κ3) is 4.46. The Morgan fingerprint density at radius 3 is 2.16 bits per heavy atom. The highest BCUT2D eigenvalue weighted by atomic mass is 16.1. The molecule has 2 heteroatoms. The fraction of sp³-hybridized carbons (Fsp3) is 0.588. The molecule has 0 unspecified atom stereocenters. The summed E-state index contributed by atoms with van der Waals surface area (Å²) in [5.41, 5.74) is 0.860. The molecule has 1 heterocycles. The van der Waals surface area contributed by atoms with Crippen LogP contribution in [0.4, 0.5) is 0 Å². The van der Waals surface area contributed by atoms with Crippen LogP contribution in [0.15, 0.2) is 36.5 Å². The third-order valence-electron chi connectivity index (χ3n) is 3.79.